The standard InChI is InChI=1S/C15H16ClN3/c1-9-6-12(7-9)19-13-5-3-4-11(8-17)14(13)18-15(19)10(2)16/h3-5,9-10,12H,6-7H2,1-2H3. The van der Waals surface area contributed by atoms with Gasteiger partial charge in [-0.3, -0.25) is 0 Å². The molecule has 0 N–H and O–H groups in total. The molecule has 0 bridgehead atoms. The minimum atomic E-state index is -0.144. The monoisotopic (exact) mass is 273 g/mol. The minimum absolute atomic E-state index is 0.144. The number of alkyl halides is 1. The Balaban J connectivity index is 2.23. The van der Waals surface area contributed by atoms with Crippen LogP contribution in [0.1, 0.15) is 49.5 Å². The van der Waals surface area contributed by atoms with Gasteiger partial charge in [-0.05, 0) is 37.8 Å². The van der Waals surface area contributed by atoms with Crippen molar-refractivity contribution in [2.24, 2.45) is 5.92 Å². The smallest absolute Gasteiger partial charge is 0.128 e. The number of nitrogens with zero attached hydrogens (tertiary/aromatic N) is 3. The highest BCUT2D eigenvalue weighted by Gasteiger charge is 2.31. The van der Waals surface area contributed by atoms with Crippen LogP contribution in [0, 0.1) is 17.2 Å². The number of benzene rings is 1. The van der Waals surface area contributed by atoms with Gasteiger partial charge in [0.1, 0.15) is 17.4 Å². The molecule has 1 aliphatic rings. The fourth-order valence-electron chi connectivity index (χ4n) is 2.96. The van der Waals surface area contributed by atoms with Gasteiger partial charge in [-0.2, -0.15) is 5.26 Å². The molecule has 2 aromatic rings. The van der Waals surface area contributed by atoms with E-state index >= 15 is 0 Å². The third-order valence-corrected chi connectivity index (χ3v) is 4.13. The van der Waals surface area contributed by atoms with Crippen molar-refractivity contribution < 1.29 is 0 Å². The van der Waals surface area contributed by atoms with Crippen LogP contribution in [0.4, 0.5) is 0 Å². The molecule has 0 radical (unpaired) electrons. The second kappa shape index (κ2) is 4.54. The number of hydrogen-bond donors (Lipinski definition) is 0. The first kappa shape index (κ1) is 12.5. The molecule has 1 aromatic carbocycles. The highest BCUT2D eigenvalue weighted by Crippen LogP contribution is 2.41. The molecule has 4 heteroatoms. The van der Waals surface area contributed by atoms with Gasteiger partial charge in [0, 0.05) is 6.04 Å². The van der Waals surface area contributed by atoms with Crippen molar-refractivity contribution in [3.05, 3.63) is 29.6 Å². The molecule has 1 unspecified atom stereocenters. The second-order valence-corrected chi connectivity index (χ2v) is 6.13. The van der Waals surface area contributed by atoms with Crippen LogP contribution in [0.5, 0.6) is 0 Å². The van der Waals surface area contributed by atoms with E-state index in [1.165, 1.54) is 12.8 Å². The van der Waals surface area contributed by atoms with E-state index in [9.17, 15) is 5.26 Å². The number of imidazole rings is 1. The van der Waals surface area contributed by atoms with Crippen LogP contribution in [-0.2, 0) is 0 Å². The van der Waals surface area contributed by atoms with Gasteiger partial charge in [-0.1, -0.05) is 13.0 Å². The summed E-state index contributed by atoms with van der Waals surface area (Å²) in [4.78, 5) is 4.62. The second-order valence-electron chi connectivity index (χ2n) is 5.47. The van der Waals surface area contributed by atoms with E-state index in [4.69, 9.17) is 11.6 Å². The Morgan fingerprint density at radius 2 is 2.21 bits per heavy atom. The van der Waals surface area contributed by atoms with Crippen LogP contribution >= 0.6 is 11.6 Å². The number of hydrogen-bond acceptors (Lipinski definition) is 2. The lowest BCUT2D eigenvalue weighted by Crippen LogP contribution is -2.26. The maximum atomic E-state index is 9.19. The van der Waals surface area contributed by atoms with Crippen molar-refractivity contribution in [1.82, 2.24) is 9.55 Å². The average molecular weight is 274 g/mol. The molecule has 1 atom stereocenters. The van der Waals surface area contributed by atoms with Gasteiger partial charge in [0.05, 0.1) is 16.5 Å². The SMILES string of the molecule is CC1CC(n2c(C(C)Cl)nc3c(C#N)cccc32)C1. The number of para-hydroxylation sites is 1. The molecule has 3 nitrogen and oxygen atoms in total. The van der Waals surface area contributed by atoms with E-state index in [2.05, 4.69) is 22.5 Å². The molecule has 1 saturated carbocycles. The quantitative estimate of drug-likeness (QED) is 0.770. The summed E-state index contributed by atoms with van der Waals surface area (Å²) >= 11 is 6.27. The zero-order chi connectivity index (χ0) is 13.6. The lowest BCUT2D eigenvalue weighted by molar-refractivity contribution is 0.216. The predicted molar refractivity (Wildman–Crippen MR) is 76.2 cm³/mol. The largest absolute Gasteiger partial charge is 0.324 e. The van der Waals surface area contributed by atoms with Gasteiger partial charge in [-0.25, -0.2) is 4.98 Å². The minimum Gasteiger partial charge on any atom is -0.324 e. The van der Waals surface area contributed by atoms with Crippen molar-refractivity contribution in [3.8, 4) is 6.07 Å². The number of aromatic nitrogens is 2. The van der Waals surface area contributed by atoms with Gasteiger partial charge in [0.2, 0.25) is 0 Å². The van der Waals surface area contributed by atoms with Crippen molar-refractivity contribution in [2.75, 3.05) is 0 Å². The number of fused-ring (bicyclic) bond motifs is 1. The molecule has 3 rings (SSSR count). The summed E-state index contributed by atoms with van der Waals surface area (Å²) in [5.41, 5.74) is 2.45. The highest BCUT2D eigenvalue weighted by atomic mass is 35.5. The fraction of sp³-hybridized carbons (Fsp3) is 0.467. The Labute approximate surface area is 117 Å². The molecule has 0 saturated heterocycles. The van der Waals surface area contributed by atoms with E-state index in [-0.39, 0.29) is 5.38 Å². The zero-order valence-corrected chi connectivity index (χ0v) is 11.9. The summed E-state index contributed by atoms with van der Waals surface area (Å²) in [6.07, 6.45) is 2.33. The summed E-state index contributed by atoms with van der Waals surface area (Å²) in [6.45, 7) is 4.20. The third kappa shape index (κ3) is 1.91. The topological polar surface area (TPSA) is 41.6 Å². The molecule has 1 heterocycles. The van der Waals surface area contributed by atoms with Crippen LogP contribution in [-0.4, -0.2) is 9.55 Å². The van der Waals surface area contributed by atoms with Crippen molar-refractivity contribution in [3.63, 3.8) is 0 Å². The van der Waals surface area contributed by atoms with Crippen LogP contribution in [0.3, 0.4) is 0 Å². The molecule has 1 aromatic heterocycles. The Morgan fingerprint density at radius 3 is 2.79 bits per heavy atom. The Kier molecular flexibility index (Phi) is 2.99. The molecule has 98 valence electrons. The van der Waals surface area contributed by atoms with Gasteiger partial charge in [0.15, 0.2) is 0 Å². The van der Waals surface area contributed by atoms with E-state index in [0.29, 0.717) is 11.6 Å². The zero-order valence-electron chi connectivity index (χ0n) is 11.1. The van der Waals surface area contributed by atoms with Crippen molar-refractivity contribution in [1.29, 1.82) is 5.26 Å². The molecule has 0 aliphatic heterocycles. The maximum absolute atomic E-state index is 9.19. The van der Waals surface area contributed by atoms with Crippen LogP contribution in [0.15, 0.2) is 18.2 Å². The number of nitriles is 1. The molecular formula is C15H16ClN3. The summed E-state index contributed by atoms with van der Waals surface area (Å²) in [5.74, 6) is 1.65. The van der Waals surface area contributed by atoms with Crippen molar-refractivity contribution in [2.45, 2.75) is 38.1 Å². The molecule has 1 fully saturated rings. The lowest BCUT2D eigenvalue weighted by Gasteiger charge is -2.35. The highest BCUT2D eigenvalue weighted by molar-refractivity contribution is 6.20. The molecule has 19 heavy (non-hydrogen) atoms. The van der Waals surface area contributed by atoms with E-state index in [0.717, 1.165) is 22.8 Å². The van der Waals surface area contributed by atoms with Gasteiger partial charge < -0.3 is 4.57 Å². The first-order chi connectivity index (χ1) is 9.11. The Morgan fingerprint density at radius 1 is 1.47 bits per heavy atom. The summed E-state index contributed by atoms with van der Waals surface area (Å²) in [7, 11) is 0. The normalized spacial score (nSPS) is 23.9. The van der Waals surface area contributed by atoms with Crippen LogP contribution in [0.25, 0.3) is 11.0 Å². The molecule has 0 spiro atoms. The Bertz CT molecular complexity index is 660. The first-order valence-corrected chi connectivity index (χ1v) is 7.10. The van der Waals surface area contributed by atoms with Gasteiger partial charge >= 0.3 is 0 Å². The average Bonchev–Trinajstić information content (AvgIpc) is 2.74. The first-order valence-electron chi connectivity index (χ1n) is 6.66. The molecule has 0 amide bonds. The molecular weight excluding hydrogens is 258 g/mol. The fourth-order valence-corrected chi connectivity index (χ4v) is 3.11. The number of halogens is 1. The third-order valence-electron chi connectivity index (χ3n) is 3.94. The van der Waals surface area contributed by atoms with Crippen molar-refractivity contribution >= 4 is 22.6 Å². The van der Waals surface area contributed by atoms with Gasteiger partial charge in [-0.15, -0.1) is 11.6 Å². The molecule has 1 aliphatic carbocycles. The summed E-state index contributed by atoms with van der Waals surface area (Å²) in [6, 6.07) is 8.46. The van der Waals surface area contributed by atoms with E-state index in [1.54, 1.807) is 0 Å². The predicted octanol–water partition coefficient (Wildman–Crippen LogP) is 4.18. The number of rotatable bonds is 2. The van der Waals surface area contributed by atoms with Crippen LogP contribution in [0.2, 0.25) is 0 Å². The lowest BCUT2D eigenvalue weighted by atomic mass is 9.81. The van der Waals surface area contributed by atoms with E-state index in [1.807, 2.05) is 25.1 Å². The van der Waals surface area contributed by atoms with Gasteiger partial charge in [0.25, 0.3) is 0 Å². The maximum Gasteiger partial charge on any atom is 0.128 e. The van der Waals surface area contributed by atoms with Crippen LogP contribution < -0.4 is 0 Å². The Hall–Kier alpha value is -1.53. The summed E-state index contributed by atoms with van der Waals surface area (Å²) < 4.78 is 2.24. The van der Waals surface area contributed by atoms with E-state index < -0.39 is 0 Å². The summed E-state index contributed by atoms with van der Waals surface area (Å²) in [5, 5.41) is 9.05.